The van der Waals surface area contributed by atoms with E-state index in [2.05, 4.69) is 39.2 Å². The molecule has 2 aromatic heterocycles. The number of carbonyl (C=O) groups excluding carboxylic acids is 1. The van der Waals surface area contributed by atoms with Crippen LogP contribution in [0, 0.1) is 18.3 Å². The van der Waals surface area contributed by atoms with Crippen molar-refractivity contribution in [2.75, 3.05) is 44.6 Å². The molecule has 0 spiro atoms. The molecule has 43 heavy (non-hydrogen) atoms. The minimum absolute atomic E-state index is 0.255. The van der Waals surface area contributed by atoms with Crippen LogP contribution in [0.1, 0.15) is 43.0 Å². The monoisotopic (exact) mass is 578 g/mol. The summed E-state index contributed by atoms with van der Waals surface area (Å²) in [6, 6.07) is 16.3. The number of carbonyl (C=O) groups is 1. The number of pyridine rings is 1. The number of ether oxygens (including phenoxy) is 2. The van der Waals surface area contributed by atoms with Gasteiger partial charge in [0.15, 0.2) is 0 Å². The second kappa shape index (κ2) is 13.0. The van der Waals surface area contributed by atoms with Crippen LogP contribution >= 0.6 is 0 Å². The lowest BCUT2D eigenvalue weighted by Crippen LogP contribution is -2.50. The zero-order valence-corrected chi connectivity index (χ0v) is 25.2. The molecule has 0 radical (unpaired) electrons. The van der Waals surface area contributed by atoms with Crippen molar-refractivity contribution in [3.8, 4) is 11.8 Å². The fourth-order valence-corrected chi connectivity index (χ4v) is 5.08. The van der Waals surface area contributed by atoms with Crippen molar-refractivity contribution >= 4 is 40.5 Å². The highest BCUT2D eigenvalue weighted by atomic mass is 16.6. The number of aryl methyl sites for hydroxylation is 1. The van der Waals surface area contributed by atoms with Gasteiger partial charge in [0.2, 0.25) is 0 Å². The van der Waals surface area contributed by atoms with Crippen molar-refractivity contribution in [3.63, 3.8) is 0 Å². The topological polar surface area (TPSA) is 107 Å². The molecule has 1 amide bonds. The summed E-state index contributed by atoms with van der Waals surface area (Å²) in [5, 5.41) is 14.5. The van der Waals surface area contributed by atoms with Crippen molar-refractivity contribution in [1.82, 2.24) is 19.8 Å². The number of nitrogens with one attached hydrogen (secondary N) is 2. The Balaban J connectivity index is 1.23. The van der Waals surface area contributed by atoms with Crippen LogP contribution in [0.5, 0.6) is 5.75 Å². The molecule has 0 aliphatic carbocycles. The third-order valence-electron chi connectivity index (χ3n) is 7.41. The molecule has 0 unspecified atom stereocenters. The smallest absolute Gasteiger partial charge is 0.410 e. The van der Waals surface area contributed by atoms with Crippen molar-refractivity contribution in [2.45, 2.75) is 33.3 Å². The van der Waals surface area contributed by atoms with Crippen LogP contribution < -0.4 is 10.1 Å². The van der Waals surface area contributed by atoms with Crippen LogP contribution in [0.15, 0.2) is 61.1 Å². The minimum atomic E-state index is -0.492. The number of hydrogen-bond donors (Lipinski definition) is 2. The van der Waals surface area contributed by atoms with Crippen LogP contribution in [-0.4, -0.2) is 70.8 Å². The maximum atomic E-state index is 12.4. The molecule has 1 aliphatic heterocycles. The lowest BCUT2D eigenvalue weighted by Gasteiger charge is -2.35. The summed E-state index contributed by atoms with van der Waals surface area (Å²) in [5.41, 5.74) is 5.49. The molecule has 2 N–H and O–H groups in total. The van der Waals surface area contributed by atoms with Gasteiger partial charge in [-0.15, -0.1) is 0 Å². The van der Waals surface area contributed by atoms with Crippen molar-refractivity contribution in [1.29, 1.82) is 5.26 Å². The molecule has 1 aliphatic rings. The molecular formula is C34H38N6O3. The van der Waals surface area contributed by atoms with E-state index in [1.54, 1.807) is 17.3 Å². The Morgan fingerprint density at radius 1 is 1.07 bits per heavy atom. The number of nitrogens with zero attached hydrogens (tertiary/aromatic N) is 4. The standard InChI is InChI=1S/C34H38N6O3/c1-24-28-13-14-37-30(28)12-11-29(24)38-32-26(22-36-23-27(32)21-35)10-9-25-7-5-6-8-31(25)42-20-19-39-15-17-40(18-16-39)33(41)43-34(2,3)4/h5-14,22-23,37H,15-20H2,1-4H3,(H,36,38)/b10-9+. The van der Waals surface area contributed by atoms with Gasteiger partial charge in [-0.1, -0.05) is 30.4 Å². The van der Waals surface area contributed by atoms with Crippen LogP contribution in [0.3, 0.4) is 0 Å². The van der Waals surface area contributed by atoms with Gasteiger partial charge < -0.3 is 24.7 Å². The molecule has 1 saturated heterocycles. The molecule has 2 aromatic carbocycles. The number of fused-ring (bicyclic) bond motifs is 1. The van der Waals surface area contributed by atoms with E-state index < -0.39 is 5.60 Å². The summed E-state index contributed by atoms with van der Waals surface area (Å²) >= 11 is 0. The maximum Gasteiger partial charge on any atom is 0.410 e. The second-order valence-electron chi connectivity index (χ2n) is 11.6. The van der Waals surface area contributed by atoms with Crippen molar-refractivity contribution in [2.24, 2.45) is 0 Å². The van der Waals surface area contributed by atoms with Crippen molar-refractivity contribution < 1.29 is 14.3 Å². The summed E-state index contributed by atoms with van der Waals surface area (Å²) in [6.07, 6.45) is 8.95. The number of nitriles is 1. The number of rotatable bonds is 8. The molecule has 4 aromatic rings. The highest BCUT2D eigenvalue weighted by Crippen LogP contribution is 2.31. The number of piperazine rings is 1. The number of amides is 1. The van der Waals surface area contributed by atoms with Crippen LogP contribution in [0.4, 0.5) is 16.2 Å². The highest BCUT2D eigenvalue weighted by Gasteiger charge is 2.25. The van der Waals surface area contributed by atoms with Crippen molar-refractivity contribution in [3.05, 3.63) is 83.3 Å². The number of benzene rings is 2. The van der Waals surface area contributed by atoms with Gasteiger partial charge in [0.1, 0.15) is 24.0 Å². The zero-order valence-electron chi connectivity index (χ0n) is 25.2. The fourth-order valence-electron chi connectivity index (χ4n) is 5.08. The van der Waals surface area contributed by atoms with Gasteiger partial charge in [-0.05, 0) is 57.5 Å². The third kappa shape index (κ3) is 7.34. The van der Waals surface area contributed by atoms with Crippen LogP contribution in [0.2, 0.25) is 0 Å². The molecule has 1 fully saturated rings. The first kappa shape index (κ1) is 29.7. The van der Waals surface area contributed by atoms with Gasteiger partial charge in [-0.2, -0.15) is 5.26 Å². The number of H-pyrrole nitrogens is 1. The van der Waals surface area contributed by atoms with Crippen LogP contribution in [-0.2, 0) is 4.74 Å². The van der Waals surface area contributed by atoms with E-state index in [4.69, 9.17) is 9.47 Å². The van der Waals surface area contributed by atoms with Gasteiger partial charge >= 0.3 is 6.09 Å². The number of aromatic nitrogens is 2. The minimum Gasteiger partial charge on any atom is -0.492 e. The summed E-state index contributed by atoms with van der Waals surface area (Å²) in [5.74, 6) is 0.777. The lowest BCUT2D eigenvalue weighted by atomic mass is 10.1. The Morgan fingerprint density at radius 3 is 2.60 bits per heavy atom. The van der Waals surface area contributed by atoms with Gasteiger partial charge in [0.25, 0.3) is 0 Å². The molecule has 0 bridgehead atoms. The predicted molar refractivity (Wildman–Crippen MR) is 170 cm³/mol. The third-order valence-corrected chi connectivity index (χ3v) is 7.41. The maximum absolute atomic E-state index is 12.4. The number of aromatic amines is 1. The van der Waals surface area contributed by atoms with Crippen LogP contribution in [0.25, 0.3) is 23.1 Å². The summed E-state index contributed by atoms with van der Waals surface area (Å²) in [4.78, 5) is 24.0. The van der Waals surface area contributed by atoms with Gasteiger partial charge in [-0.25, -0.2) is 4.79 Å². The Kier molecular flexibility index (Phi) is 8.98. The summed E-state index contributed by atoms with van der Waals surface area (Å²) < 4.78 is 11.7. The Hall–Kier alpha value is -4.81. The zero-order chi connectivity index (χ0) is 30.4. The van der Waals surface area contributed by atoms with E-state index in [1.807, 2.05) is 75.5 Å². The Morgan fingerprint density at radius 2 is 1.84 bits per heavy atom. The first-order valence-corrected chi connectivity index (χ1v) is 14.5. The van der Waals surface area contributed by atoms with E-state index in [0.717, 1.165) is 58.7 Å². The predicted octanol–water partition coefficient (Wildman–Crippen LogP) is 6.59. The molecule has 5 rings (SSSR count). The summed E-state index contributed by atoms with van der Waals surface area (Å²) in [6.45, 7) is 11.8. The quantitative estimate of drug-likeness (QED) is 0.243. The van der Waals surface area contributed by atoms with E-state index >= 15 is 0 Å². The molecule has 9 heteroatoms. The summed E-state index contributed by atoms with van der Waals surface area (Å²) in [7, 11) is 0. The first-order valence-electron chi connectivity index (χ1n) is 14.5. The SMILES string of the molecule is Cc1c(Nc2c(C#N)cncc2/C=C/c2ccccc2OCCN2CCN(C(=O)OC(C)(C)C)CC2)ccc2[nH]ccc12. The number of para-hydroxylation sites is 1. The largest absolute Gasteiger partial charge is 0.492 e. The van der Waals surface area contributed by atoms with E-state index in [9.17, 15) is 10.1 Å². The molecule has 0 atom stereocenters. The van der Waals surface area contributed by atoms with E-state index in [1.165, 1.54) is 0 Å². The molecular weight excluding hydrogens is 540 g/mol. The van der Waals surface area contributed by atoms with Gasteiger partial charge in [0, 0.05) is 79.0 Å². The van der Waals surface area contributed by atoms with E-state index in [-0.39, 0.29) is 6.09 Å². The first-order chi connectivity index (χ1) is 20.7. The molecule has 222 valence electrons. The highest BCUT2D eigenvalue weighted by molar-refractivity contribution is 5.90. The molecule has 9 nitrogen and oxygen atoms in total. The second-order valence-corrected chi connectivity index (χ2v) is 11.6. The average Bonchev–Trinajstić information content (AvgIpc) is 3.48. The average molecular weight is 579 g/mol. The van der Waals surface area contributed by atoms with E-state index in [0.29, 0.717) is 30.9 Å². The van der Waals surface area contributed by atoms with Gasteiger partial charge in [-0.3, -0.25) is 9.88 Å². The Bertz CT molecular complexity index is 1650. The number of hydrogen-bond acceptors (Lipinski definition) is 7. The fraction of sp³-hybridized carbons (Fsp3) is 0.324. The number of anilines is 2. The molecule has 0 saturated carbocycles. The van der Waals surface area contributed by atoms with Gasteiger partial charge in [0.05, 0.1) is 11.3 Å². The lowest BCUT2D eigenvalue weighted by molar-refractivity contribution is 0.0137. The molecule has 3 heterocycles. The Labute approximate surface area is 252 Å². The normalized spacial score (nSPS) is 14.2.